The summed E-state index contributed by atoms with van der Waals surface area (Å²) in [5.41, 5.74) is 2.54. The third-order valence-corrected chi connectivity index (χ3v) is 3.37. The van der Waals surface area contributed by atoms with E-state index in [4.69, 9.17) is 5.11 Å². The zero-order valence-electron chi connectivity index (χ0n) is 10.4. The fourth-order valence-electron chi connectivity index (χ4n) is 2.54. The normalized spacial score (nSPS) is 11.9. The number of aliphatic carboxylic acids is 1. The molecule has 2 aromatic rings. The summed E-state index contributed by atoms with van der Waals surface area (Å²) in [4.78, 5) is 35.1. The quantitative estimate of drug-likeness (QED) is 0.584. The molecule has 98 valence electrons. The minimum absolute atomic E-state index is 0.186. The van der Waals surface area contributed by atoms with Gasteiger partial charge in [-0.3, -0.25) is 14.4 Å². The van der Waals surface area contributed by atoms with Crippen molar-refractivity contribution in [2.24, 2.45) is 0 Å². The van der Waals surface area contributed by atoms with Crippen LogP contribution >= 0.6 is 0 Å². The van der Waals surface area contributed by atoms with Gasteiger partial charge in [-0.05, 0) is 11.1 Å². The fraction of sp³-hybridized carbons (Fsp3) is 0.0625. The van der Waals surface area contributed by atoms with Crippen LogP contribution in [0.25, 0.3) is 11.1 Å². The van der Waals surface area contributed by atoms with E-state index >= 15 is 0 Å². The Hall–Kier alpha value is -2.75. The van der Waals surface area contributed by atoms with Crippen molar-refractivity contribution < 1.29 is 19.5 Å². The highest BCUT2D eigenvalue weighted by atomic mass is 16.4. The smallest absolute Gasteiger partial charge is 0.311 e. The Morgan fingerprint density at radius 3 is 2.25 bits per heavy atom. The van der Waals surface area contributed by atoms with Crippen LogP contribution in [0.4, 0.5) is 0 Å². The molecule has 0 fully saturated rings. The molecule has 3 rings (SSSR count). The first-order valence-corrected chi connectivity index (χ1v) is 6.11. The van der Waals surface area contributed by atoms with Gasteiger partial charge in [-0.2, -0.15) is 0 Å². The summed E-state index contributed by atoms with van der Waals surface area (Å²) >= 11 is 0. The average Bonchev–Trinajstić information content (AvgIpc) is 2.72. The van der Waals surface area contributed by atoms with Gasteiger partial charge in [-0.25, -0.2) is 0 Å². The highest BCUT2D eigenvalue weighted by Gasteiger charge is 2.30. The van der Waals surface area contributed by atoms with Gasteiger partial charge >= 0.3 is 5.97 Å². The second-order valence-corrected chi connectivity index (χ2v) is 4.60. The first kappa shape index (κ1) is 12.3. The van der Waals surface area contributed by atoms with Crippen LogP contribution in [0.1, 0.15) is 32.7 Å². The fourth-order valence-corrected chi connectivity index (χ4v) is 2.54. The molecule has 0 bridgehead atoms. The van der Waals surface area contributed by atoms with E-state index in [9.17, 15) is 14.4 Å². The van der Waals surface area contributed by atoms with Crippen LogP contribution in [-0.4, -0.2) is 22.6 Å². The summed E-state index contributed by atoms with van der Waals surface area (Å²) in [7, 11) is 0. The number of benzene rings is 2. The topological polar surface area (TPSA) is 71.4 Å². The molecule has 0 saturated carbocycles. The van der Waals surface area contributed by atoms with Crippen LogP contribution in [0, 0.1) is 0 Å². The van der Waals surface area contributed by atoms with Crippen LogP contribution in [-0.2, 0) is 4.79 Å². The molecule has 0 saturated heterocycles. The maximum Gasteiger partial charge on any atom is 0.311 e. The van der Waals surface area contributed by atoms with Gasteiger partial charge in [0.05, 0.1) is 0 Å². The number of carbonyl (C=O) groups excluding carboxylic acids is 2. The Kier molecular flexibility index (Phi) is 2.71. The molecule has 1 aliphatic rings. The SMILES string of the molecule is O=C(O)CC(=O)c1cccc2c1C(=O)c1ccccc1-2. The summed E-state index contributed by atoms with van der Waals surface area (Å²) in [6.07, 6.45) is -0.611. The Labute approximate surface area is 114 Å². The predicted octanol–water partition coefficient (Wildman–Crippen LogP) is 2.56. The van der Waals surface area contributed by atoms with Gasteiger partial charge in [-0.15, -0.1) is 0 Å². The second kappa shape index (κ2) is 4.42. The van der Waals surface area contributed by atoms with Gasteiger partial charge in [0.1, 0.15) is 6.42 Å². The van der Waals surface area contributed by atoms with Crippen molar-refractivity contribution in [2.75, 3.05) is 0 Å². The number of carboxylic acids is 1. The minimum atomic E-state index is -1.20. The predicted molar refractivity (Wildman–Crippen MR) is 71.9 cm³/mol. The van der Waals surface area contributed by atoms with Crippen molar-refractivity contribution in [3.63, 3.8) is 0 Å². The molecule has 0 aromatic heterocycles. The van der Waals surface area contributed by atoms with Crippen molar-refractivity contribution in [2.45, 2.75) is 6.42 Å². The van der Waals surface area contributed by atoms with E-state index in [0.29, 0.717) is 16.7 Å². The van der Waals surface area contributed by atoms with Gasteiger partial charge in [0.15, 0.2) is 11.6 Å². The van der Waals surface area contributed by atoms with Crippen LogP contribution in [0.2, 0.25) is 0 Å². The maximum absolute atomic E-state index is 12.4. The van der Waals surface area contributed by atoms with E-state index in [1.807, 2.05) is 12.1 Å². The Bertz CT molecular complexity index is 759. The molecule has 4 nitrogen and oxygen atoms in total. The van der Waals surface area contributed by atoms with Crippen LogP contribution in [0.15, 0.2) is 42.5 Å². The monoisotopic (exact) mass is 266 g/mol. The molecule has 20 heavy (non-hydrogen) atoms. The molecule has 0 radical (unpaired) electrons. The number of hydrogen-bond acceptors (Lipinski definition) is 3. The van der Waals surface area contributed by atoms with Crippen LogP contribution < -0.4 is 0 Å². The largest absolute Gasteiger partial charge is 0.481 e. The number of hydrogen-bond donors (Lipinski definition) is 1. The van der Waals surface area contributed by atoms with Gasteiger partial charge in [0.25, 0.3) is 0 Å². The van der Waals surface area contributed by atoms with Gasteiger partial charge in [0.2, 0.25) is 0 Å². The van der Waals surface area contributed by atoms with Gasteiger partial charge in [-0.1, -0.05) is 42.5 Å². The molecular weight excluding hydrogens is 256 g/mol. The molecule has 4 heteroatoms. The lowest BCUT2D eigenvalue weighted by Crippen LogP contribution is -2.11. The molecule has 0 atom stereocenters. The number of carboxylic acid groups (broad SMARTS) is 1. The highest BCUT2D eigenvalue weighted by Crippen LogP contribution is 2.38. The number of fused-ring (bicyclic) bond motifs is 3. The first-order valence-electron chi connectivity index (χ1n) is 6.11. The lowest BCUT2D eigenvalue weighted by molar-refractivity contribution is -0.135. The summed E-state index contributed by atoms with van der Waals surface area (Å²) in [6.45, 7) is 0. The molecule has 0 amide bonds. The Morgan fingerprint density at radius 1 is 0.900 bits per heavy atom. The van der Waals surface area contributed by atoms with Gasteiger partial charge < -0.3 is 5.11 Å². The molecule has 2 aromatic carbocycles. The van der Waals surface area contributed by atoms with E-state index in [1.165, 1.54) is 6.07 Å². The highest BCUT2D eigenvalue weighted by molar-refractivity contribution is 6.26. The molecule has 0 unspecified atom stereocenters. The van der Waals surface area contributed by atoms with E-state index in [2.05, 4.69) is 0 Å². The lowest BCUT2D eigenvalue weighted by atomic mass is 9.97. The minimum Gasteiger partial charge on any atom is -0.481 e. The second-order valence-electron chi connectivity index (χ2n) is 4.60. The van der Waals surface area contributed by atoms with Gasteiger partial charge in [0, 0.05) is 16.7 Å². The number of Topliss-reactive ketones (excluding diaryl/α,β-unsaturated/α-hetero) is 1. The summed E-state index contributed by atoms with van der Waals surface area (Å²) in [5, 5.41) is 8.73. The van der Waals surface area contributed by atoms with Crippen molar-refractivity contribution in [1.82, 2.24) is 0 Å². The zero-order valence-corrected chi connectivity index (χ0v) is 10.4. The van der Waals surface area contributed by atoms with Crippen molar-refractivity contribution in [1.29, 1.82) is 0 Å². The lowest BCUT2D eigenvalue weighted by Gasteiger charge is -2.05. The number of ketones is 2. The van der Waals surface area contributed by atoms with Crippen molar-refractivity contribution in [3.8, 4) is 11.1 Å². The molecular formula is C16H10O4. The standard InChI is InChI=1S/C16H10O4/c17-13(8-14(18)19)12-7-3-6-10-9-4-1-2-5-11(9)16(20)15(10)12/h1-7H,8H2,(H,18,19). The van der Waals surface area contributed by atoms with E-state index < -0.39 is 18.2 Å². The third kappa shape index (κ3) is 1.73. The molecule has 0 heterocycles. The van der Waals surface area contributed by atoms with Crippen molar-refractivity contribution in [3.05, 3.63) is 59.2 Å². The Morgan fingerprint density at radius 2 is 1.55 bits per heavy atom. The number of rotatable bonds is 3. The Balaban J connectivity index is 2.18. The molecule has 0 aliphatic heterocycles. The third-order valence-electron chi connectivity index (χ3n) is 3.37. The number of carbonyl (C=O) groups is 3. The summed E-state index contributed by atoms with van der Waals surface area (Å²) in [5.74, 6) is -1.96. The zero-order chi connectivity index (χ0) is 14.3. The van der Waals surface area contributed by atoms with Crippen LogP contribution in [0.5, 0.6) is 0 Å². The van der Waals surface area contributed by atoms with E-state index in [-0.39, 0.29) is 11.3 Å². The average molecular weight is 266 g/mol. The first-order chi connectivity index (χ1) is 9.59. The van der Waals surface area contributed by atoms with Crippen molar-refractivity contribution >= 4 is 17.5 Å². The van der Waals surface area contributed by atoms with Crippen LogP contribution in [0.3, 0.4) is 0 Å². The molecule has 1 aliphatic carbocycles. The van der Waals surface area contributed by atoms with E-state index in [0.717, 1.165) is 5.56 Å². The van der Waals surface area contributed by atoms with E-state index in [1.54, 1.807) is 24.3 Å². The summed E-state index contributed by atoms with van der Waals surface area (Å²) < 4.78 is 0. The maximum atomic E-state index is 12.4. The molecule has 1 N–H and O–H groups in total. The molecule has 0 spiro atoms. The summed E-state index contributed by atoms with van der Waals surface area (Å²) in [6, 6.07) is 12.1.